The minimum absolute atomic E-state index is 0.0421. The van der Waals surface area contributed by atoms with Gasteiger partial charge in [-0.15, -0.1) is 6.58 Å². The highest BCUT2D eigenvalue weighted by Crippen LogP contribution is 2.23. The molecule has 0 fully saturated rings. The average molecular weight is 357 g/mol. The van der Waals surface area contributed by atoms with Gasteiger partial charge in [0, 0.05) is 24.2 Å². The fourth-order valence-corrected chi connectivity index (χ4v) is 3.32. The molecule has 0 radical (unpaired) electrons. The molecule has 8 heteroatoms. The van der Waals surface area contributed by atoms with Crippen LogP contribution in [-0.4, -0.2) is 15.4 Å². The Morgan fingerprint density at radius 2 is 2.04 bits per heavy atom. The molecule has 0 saturated heterocycles. The number of halogens is 1. The van der Waals surface area contributed by atoms with Gasteiger partial charge in [0.15, 0.2) is 4.80 Å². The third-order valence-corrected chi connectivity index (χ3v) is 4.54. The van der Waals surface area contributed by atoms with Gasteiger partial charge in [-0.2, -0.15) is 4.99 Å². The zero-order chi connectivity index (χ0) is 18.0. The molecule has 0 unspecified atom stereocenters. The quantitative estimate of drug-likeness (QED) is 0.406. The Kier molecular flexibility index (Phi) is 4.53. The number of rotatable bonds is 4. The molecule has 1 heterocycles. The number of allylic oxidation sites excluding steroid dienone is 1. The zero-order valence-corrected chi connectivity index (χ0v) is 13.7. The molecule has 25 heavy (non-hydrogen) atoms. The van der Waals surface area contributed by atoms with Crippen molar-refractivity contribution in [1.82, 2.24) is 4.57 Å². The van der Waals surface area contributed by atoms with Crippen molar-refractivity contribution in [3.8, 4) is 0 Å². The standard InChI is InChI=1S/C17H12FN3O3S/c1-2-9-20-14-10-13(21(23)24)7-8-15(14)25-17(20)19-16(22)11-3-5-12(18)6-4-11/h2-8,10H,1,9H2. The summed E-state index contributed by atoms with van der Waals surface area (Å²) in [5, 5.41) is 11.0. The van der Waals surface area contributed by atoms with Crippen LogP contribution in [0.1, 0.15) is 10.4 Å². The van der Waals surface area contributed by atoms with Crippen molar-refractivity contribution >= 4 is 33.1 Å². The molecule has 1 aromatic heterocycles. The summed E-state index contributed by atoms with van der Waals surface area (Å²) < 4.78 is 15.4. The van der Waals surface area contributed by atoms with Crippen LogP contribution in [-0.2, 0) is 6.54 Å². The summed E-state index contributed by atoms with van der Waals surface area (Å²) in [7, 11) is 0. The van der Waals surface area contributed by atoms with E-state index in [1.54, 1.807) is 16.7 Å². The van der Waals surface area contributed by atoms with E-state index in [0.29, 0.717) is 16.9 Å². The Bertz CT molecular complexity index is 1050. The first-order chi connectivity index (χ1) is 12.0. The molecule has 0 aliphatic carbocycles. The molecule has 0 N–H and O–H groups in total. The lowest BCUT2D eigenvalue weighted by molar-refractivity contribution is -0.384. The predicted octanol–water partition coefficient (Wildman–Crippen LogP) is 3.68. The number of non-ortho nitro benzene ring substituents is 1. The van der Waals surface area contributed by atoms with Gasteiger partial charge in [0.05, 0.1) is 15.1 Å². The molecule has 6 nitrogen and oxygen atoms in total. The second kappa shape index (κ2) is 6.78. The van der Waals surface area contributed by atoms with Crippen molar-refractivity contribution < 1.29 is 14.1 Å². The summed E-state index contributed by atoms with van der Waals surface area (Å²) in [4.78, 5) is 27.3. The molecule has 0 bridgehead atoms. The molecule has 1 amide bonds. The van der Waals surface area contributed by atoms with Crippen molar-refractivity contribution in [3.63, 3.8) is 0 Å². The number of fused-ring (bicyclic) bond motifs is 1. The second-order valence-electron chi connectivity index (χ2n) is 5.12. The third-order valence-electron chi connectivity index (χ3n) is 3.48. The first kappa shape index (κ1) is 16.7. The highest BCUT2D eigenvalue weighted by molar-refractivity contribution is 7.16. The molecule has 126 valence electrons. The Morgan fingerprint density at radius 1 is 1.32 bits per heavy atom. The van der Waals surface area contributed by atoms with Crippen LogP contribution in [0.4, 0.5) is 10.1 Å². The van der Waals surface area contributed by atoms with Gasteiger partial charge in [0.1, 0.15) is 5.82 Å². The van der Waals surface area contributed by atoms with E-state index in [2.05, 4.69) is 11.6 Å². The van der Waals surface area contributed by atoms with Gasteiger partial charge in [-0.25, -0.2) is 4.39 Å². The summed E-state index contributed by atoms with van der Waals surface area (Å²) in [5.74, 6) is -0.952. The lowest BCUT2D eigenvalue weighted by Gasteiger charge is -2.01. The normalized spacial score (nSPS) is 11.6. The molecule has 3 aromatic rings. The molecular formula is C17H12FN3O3S. The van der Waals surface area contributed by atoms with Crippen LogP contribution in [0.2, 0.25) is 0 Å². The van der Waals surface area contributed by atoms with E-state index in [1.807, 2.05) is 0 Å². The molecule has 2 aromatic carbocycles. The minimum atomic E-state index is -0.515. The number of nitro benzene ring substituents is 1. The van der Waals surface area contributed by atoms with E-state index >= 15 is 0 Å². The number of hydrogen-bond donors (Lipinski definition) is 0. The molecular weight excluding hydrogens is 345 g/mol. The number of carbonyl (C=O) groups excluding carboxylic acids is 1. The number of thiazole rings is 1. The molecule has 3 rings (SSSR count). The smallest absolute Gasteiger partial charge is 0.279 e. The monoisotopic (exact) mass is 357 g/mol. The Balaban J connectivity index is 2.15. The van der Waals surface area contributed by atoms with Crippen LogP contribution >= 0.6 is 11.3 Å². The number of benzene rings is 2. The van der Waals surface area contributed by atoms with Gasteiger partial charge in [-0.05, 0) is 30.3 Å². The van der Waals surface area contributed by atoms with Crippen LogP contribution in [0.15, 0.2) is 60.1 Å². The summed E-state index contributed by atoms with van der Waals surface area (Å²) >= 11 is 1.24. The SMILES string of the molecule is C=CCn1c(=NC(=O)c2ccc(F)cc2)sc2ccc([N+](=O)[O-])cc21. The van der Waals surface area contributed by atoms with Crippen molar-refractivity contribution in [3.05, 3.63) is 81.4 Å². The summed E-state index contributed by atoms with van der Waals surface area (Å²) in [6, 6.07) is 9.57. The molecule has 0 aliphatic rings. The Morgan fingerprint density at radius 3 is 2.68 bits per heavy atom. The number of nitrogens with zero attached hydrogens (tertiary/aromatic N) is 3. The van der Waals surface area contributed by atoms with Crippen molar-refractivity contribution in [1.29, 1.82) is 0 Å². The van der Waals surface area contributed by atoms with Gasteiger partial charge in [-0.3, -0.25) is 14.9 Å². The first-order valence-electron chi connectivity index (χ1n) is 7.23. The van der Waals surface area contributed by atoms with Gasteiger partial charge >= 0.3 is 0 Å². The summed E-state index contributed by atoms with van der Waals surface area (Å²) in [6.07, 6.45) is 1.62. The van der Waals surface area contributed by atoms with E-state index < -0.39 is 16.6 Å². The van der Waals surface area contributed by atoms with Crippen LogP contribution in [0.5, 0.6) is 0 Å². The first-order valence-corrected chi connectivity index (χ1v) is 8.04. The molecule has 0 aliphatic heterocycles. The van der Waals surface area contributed by atoms with E-state index in [0.717, 1.165) is 4.70 Å². The molecule has 0 atom stereocenters. The van der Waals surface area contributed by atoms with E-state index in [-0.39, 0.29) is 11.3 Å². The van der Waals surface area contributed by atoms with Crippen LogP contribution in [0, 0.1) is 15.9 Å². The maximum Gasteiger partial charge on any atom is 0.279 e. The Hall–Kier alpha value is -3.13. The number of aromatic nitrogens is 1. The van der Waals surface area contributed by atoms with E-state index in [1.165, 1.54) is 47.7 Å². The number of nitro groups is 1. The third kappa shape index (κ3) is 3.38. The predicted molar refractivity (Wildman–Crippen MR) is 93.0 cm³/mol. The maximum absolute atomic E-state index is 13.0. The molecule has 0 spiro atoms. The summed E-state index contributed by atoms with van der Waals surface area (Å²) in [5.41, 5.74) is 0.819. The summed E-state index contributed by atoms with van der Waals surface area (Å²) in [6.45, 7) is 4.01. The lowest BCUT2D eigenvalue weighted by Crippen LogP contribution is -2.16. The zero-order valence-electron chi connectivity index (χ0n) is 12.9. The largest absolute Gasteiger partial charge is 0.312 e. The Labute approximate surface area is 145 Å². The van der Waals surface area contributed by atoms with Crippen molar-refractivity contribution in [2.75, 3.05) is 0 Å². The number of amides is 1. The lowest BCUT2D eigenvalue weighted by atomic mass is 10.2. The van der Waals surface area contributed by atoms with Crippen LogP contribution < -0.4 is 4.80 Å². The highest BCUT2D eigenvalue weighted by Gasteiger charge is 2.13. The number of carbonyl (C=O) groups is 1. The maximum atomic E-state index is 13.0. The van der Waals surface area contributed by atoms with Gasteiger partial charge in [-0.1, -0.05) is 17.4 Å². The van der Waals surface area contributed by atoms with Crippen molar-refractivity contribution in [2.45, 2.75) is 6.54 Å². The van der Waals surface area contributed by atoms with Crippen molar-refractivity contribution in [2.24, 2.45) is 4.99 Å². The average Bonchev–Trinajstić information content (AvgIpc) is 2.92. The van der Waals surface area contributed by atoms with Crippen LogP contribution in [0.3, 0.4) is 0 Å². The highest BCUT2D eigenvalue weighted by atomic mass is 32.1. The topological polar surface area (TPSA) is 77.5 Å². The fourth-order valence-electron chi connectivity index (χ4n) is 2.31. The van der Waals surface area contributed by atoms with E-state index in [9.17, 15) is 19.3 Å². The second-order valence-corrected chi connectivity index (χ2v) is 6.13. The fraction of sp³-hybridized carbons (Fsp3) is 0.0588. The van der Waals surface area contributed by atoms with Gasteiger partial charge < -0.3 is 4.57 Å². The number of hydrogen-bond acceptors (Lipinski definition) is 4. The minimum Gasteiger partial charge on any atom is -0.312 e. The van der Waals surface area contributed by atoms with Gasteiger partial charge in [0.25, 0.3) is 11.6 Å². The molecule has 0 saturated carbocycles. The van der Waals surface area contributed by atoms with Crippen LogP contribution in [0.25, 0.3) is 10.2 Å². The van der Waals surface area contributed by atoms with Gasteiger partial charge in [0.2, 0.25) is 0 Å². The van der Waals surface area contributed by atoms with E-state index in [4.69, 9.17) is 0 Å².